The lowest BCUT2D eigenvalue weighted by atomic mass is 10.1. The highest BCUT2D eigenvalue weighted by molar-refractivity contribution is 5.44. The summed E-state index contributed by atoms with van der Waals surface area (Å²) in [5, 5.41) is 15.1. The zero-order chi connectivity index (χ0) is 14.2. The van der Waals surface area contributed by atoms with E-state index in [0.717, 1.165) is 32.0 Å². The van der Waals surface area contributed by atoms with E-state index in [0.29, 0.717) is 18.4 Å². The lowest BCUT2D eigenvalue weighted by Crippen LogP contribution is -2.31. The highest BCUT2D eigenvalue weighted by Gasteiger charge is 2.16. The van der Waals surface area contributed by atoms with E-state index in [4.69, 9.17) is 5.11 Å². The molecule has 1 aromatic heterocycles. The van der Waals surface area contributed by atoms with Crippen molar-refractivity contribution in [3.05, 3.63) is 0 Å². The van der Waals surface area contributed by atoms with Gasteiger partial charge in [0, 0.05) is 26.2 Å². The van der Waals surface area contributed by atoms with Crippen LogP contribution in [0.5, 0.6) is 0 Å². The lowest BCUT2D eigenvalue weighted by molar-refractivity contribution is 0.311. The monoisotopic (exact) mass is 280 g/mol. The Hall–Kier alpha value is -1.63. The maximum absolute atomic E-state index is 8.90. The average Bonchev–Trinajstić information content (AvgIpc) is 2.51. The second-order valence-electron chi connectivity index (χ2n) is 4.91. The molecule has 0 amide bonds. The molecule has 0 bridgehead atoms. The Morgan fingerprint density at radius 2 is 1.65 bits per heavy atom. The first-order valence-electron chi connectivity index (χ1n) is 7.43. The summed E-state index contributed by atoms with van der Waals surface area (Å²) >= 11 is 0. The summed E-state index contributed by atoms with van der Waals surface area (Å²) in [6, 6.07) is 0. The van der Waals surface area contributed by atoms with Gasteiger partial charge in [-0.15, -0.1) is 0 Å². The fraction of sp³-hybridized carbons (Fsp3) is 0.769. The maximum atomic E-state index is 8.90. The molecule has 0 aromatic carbocycles. The van der Waals surface area contributed by atoms with Gasteiger partial charge in [0.05, 0.1) is 6.61 Å². The first-order valence-corrected chi connectivity index (χ1v) is 7.43. The number of piperidine rings is 1. The quantitative estimate of drug-likeness (QED) is 0.689. The highest BCUT2D eigenvalue weighted by Crippen LogP contribution is 2.18. The molecular weight excluding hydrogens is 256 g/mol. The normalized spacial score (nSPS) is 15.2. The molecule has 1 aliphatic rings. The predicted molar refractivity (Wildman–Crippen MR) is 80.2 cm³/mol. The smallest absolute Gasteiger partial charge is 0.231 e. The van der Waals surface area contributed by atoms with Gasteiger partial charge in [-0.2, -0.15) is 15.0 Å². The molecule has 0 aliphatic carbocycles. The molecular formula is C13H24N6O. The molecule has 20 heavy (non-hydrogen) atoms. The number of rotatable bonds is 7. The molecule has 0 unspecified atom stereocenters. The number of aromatic nitrogens is 3. The number of hydrogen-bond acceptors (Lipinski definition) is 7. The Labute approximate surface area is 119 Å². The summed E-state index contributed by atoms with van der Waals surface area (Å²) in [5.74, 6) is 1.84. The molecule has 112 valence electrons. The van der Waals surface area contributed by atoms with E-state index >= 15 is 0 Å². The Morgan fingerprint density at radius 3 is 2.25 bits per heavy atom. The SMILES string of the molecule is CCCNc1nc(NCCO)nc(N2CCCCC2)n1. The van der Waals surface area contributed by atoms with Crippen molar-refractivity contribution in [2.24, 2.45) is 0 Å². The molecule has 7 heteroatoms. The second-order valence-corrected chi connectivity index (χ2v) is 4.91. The van der Waals surface area contributed by atoms with Gasteiger partial charge in [0.15, 0.2) is 0 Å². The number of aliphatic hydroxyl groups is 1. The van der Waals surface area contributed by atoms with Gasteiger partial charge in [-0.25, -0.2) is 0 Å². The molecule has 3 N–H and O–H groups in total. The fourth-order valence-corrected chi connectivity index (χ4v) is 2.16. The minimum absolute atomic E-state index is 0.0580. The number of aliphatic hydroxyl groups excluding tert-OH is 1. The minimum Gasteiger partial charge on any atom is -0.395 e. The van der Waals surface area contributed by atoms with Crippen LogP contribution in [0.15, 0.2) is 0 Å². The van der Waals surface area contributed by atoms with Gasteiger partial charge in [0.2, 0.25) is 17.8 Å². The third kappa shape index (κ3) is 4.19. The van der Waals surface area contributed by atoms with Gasteiger partial charge < -0.3 is 20.6 Å². The molecule has 1 saturated heterocycles. The van der Waals surface area contributed by atoms with Crippen LogP contribution in [0.3, 0.4) is 0 Å². The Balaban J connectivity index is 2.14. The zero-order valence-electron chi connectivity index (χ0n) is 12.1. The van der Waals surface area contributed by atoms with E-state index in [2.05, 4.69) is 37.4 Å². The summed E-state index contributed by atoms with van der Waals surface area (Å²) in [4.78, 5) is 15.5. The number of nitrogens with one attached hydrogen (secondary N) is 2. The Bertz CT molecular complexity index is 382. The van der Waals surface area contributed by atoms with Crippen LogP contribution in [0.2, 0.25) is 0 Å². The van der Waals surface area contributed by atoms with E-state index in [9.17, 15) is 0 Å². The van der Waals surface area contributed by atoms with Crippen LogP contribution in [0, 0.1) is 0 Å². The van der Waals surface area contributed by atoms with Gasteiger partial charge in [0.25, 0.3) is 0 Å². The van der Waals surface area contributed by atoms with Crippen molar-refractivity contribution in [1.29, 1.82) is 0 Å². The van der Waals surface area contributed by atoms with Gasteiger partial charge in [0.1, 0.15) is 0 Å². The van der Waals surface area contributed by atoms with E-state index in [1.54, 1.807) is 0 Å². The summed E-state index contributed by atoms with van der Waals surface area (Å²) in [7, 11) is 0. The maximum Gasteiger partial charge on any atom is 0.231 e. The average molecular weight is 280 g/mol. The van der Waals surface area contributed by atoms with Crippen LogP contribution in [-0.2, 0) is 0 Å². The molecule has 1 aliphatic heterocycles. The van der Waals surface area contributed by atoms with Crippen LogP contribution in [0.25, 0.3) is 0 Å². The highest BCUT2D eigenvalue weighted by atomic mass is 16.3. The third-order valence-corrected chi connectivity index (χ3v) is 3.19. The van der Waals surface area contributed by atoms with Crippen LogP contribution < -0.4 is 15.5 Å². The molecule has 0 radical (unpaired) electrons. The fourth-order valence-electron chi connectivity index (χ4n) is 2.16. The number of hydrogen-bond donors (Lipinski definition) is 3. The zero-order valence-corrected chi connectivity index (χ0v) is 12.1. The first-order chi connectivity index (χ1) is 9.83. The molecule has 7 nitrogen and oxygen atoms in total. The van der Waals surface area contributed by atoms with Crippen molar-refractivity contribution in [2.75, 3.05) is 48.3 Å². The first kappa shape index (κ1) is 14.8. The van der Waals surface area contributed by atoms with Crippen molar-refractivity contribution in [1.82, 2.24) is 15.0 Å². The standard InChI is InChI=1S/C13H24N6O/c1-2-6-14-11-16-12(15-7-10-20)18-13(17-11)19-8-4-3-5-9-19/h20H,2-10H2,1H3,(H2,14,15,16,17,18). The third-order valence-electron chi connectivity index (χ3n) is 3.19. The summed E-state index contributed by atoms with van der Waals surface area (Å²) in [6.07, 6.45) is 4.66. The van der Waals surface area contributed by atoms with Gasteiger partial charge in [-0.05, 0) is 25.7 Å². The molecule has 2 rings (SSSR count). The minimum atomic E-state index is 0.0580. The summed E-state index contributed by atoms with van der Waals surface area (Å²) < 4.78 is 0. The van der Waals surface area contributed by atoms with Crippen molar-refractivity contribution in [2.45, 2.75) is 32.6 Å². The summed E-state index contributed by atoms with van der Waals surface area (Å²) in [5.41, 5.74) is 0. The van der Waals surface area contributed by atoms with Crippen LogP contribution >= 0.6 is 0 Å². The summed E-state index contributed by atoms with van der Waals surface area (Å²) in [6.45, 7) is 5.43. The van der Waals surface area contributed by atoms with E-state index in [-0.39, 0.29) is 6.61 Å². The van der Waals surface area contributed by atoms with Gasteiger partial charge >= 0.3 is 0 Å². The second kappa shape index (κ2) is 7.84. The van der Waals surface area contributed by atoms with Crippen molar-refractivity contribution in [3.8, 4) is 0 Å². The Kier molecular flexibility index (Phi) is 5.79. The Morgan fingerprint density at radius 1 is 1.00 bits per heavy atom. The van der Waals surface area contributed by atoms with Crippen LogP contribution in [-0.4, -0.2) is 52.8 Å². The molecule has 2 heterocycles. The molecule has 1 fully saturated rings. The van der Waals surface area contributed by atoms with Crippen molar-refractivity contribution >= 4 is 17.8 Å². The molecule has 0 atom stereocenters. The molecule has 0 saturated carbocycles. The largest absolute Gasteiger partial charge is 0.395 e. The van der Waals surface area contributed by atoms with Crippen molar-refractivity contribution in [3.63, 3.8) is 0 Å². The van der Waals surface area contributed by atoms with E-state index in [1.807, 2.05) is 0 Å². The van der Waals surface area contributed by atoms with Crippen LogP contribution in [0.1, 0.15) is 32.6 Å². The van der Waals surface area contributed by atoms with Crippen LogP contribution in [0.4, 0.5) is 17.8 Å². The molecule has 1 aromatic rings. The van der Waals surface area contributed by atoms with Gasteiger partial charge in [-0.1, -0.05) is 6.92 Å². The van der Waals surface area contributed by atoms with Gasteiger partial charge in [-0.3, -0.25) is 0 Å². The lowest BCUT2D eigenvalue weighted by Gasteiger charge is -2.27. The van der Waals surface area contributed by atoms with Crippen molar-refractivity contribution < 1.29 is 5.11 Å². The number of anilines is 3. The number of nitrogens with zero attached hydrogens (tertiary/aromatic N) is 4. The van der Waals surface area contributed by atoms with E-state index < -0.39 is 0 Å². The van der Waals surface area contributed by atoms with E-state index in [1.165, 1.54) is 19.3 Å². The predicted octanol–water partition coefficient (Wildman–Crippen LogP) is 1.09. The topological polar surface area (TPSA) is 86.2 Å². The molecule has 0 spiro atoms.